The van der Waals surface area contributed by atoms with Gasteiger partial charge in [-0.05, 0) is 42.2 Å². The second-order valence-corrected chi connectivity index (χ2v) is 8.68. The van der Waals surface area contributed by atoms with Crippen LogP contribution < -0.4 is 5.56 Å². The van der Waals surface area contributed by atoms with Crippen LogP contribution in [-0.2, 0) is 0 Å². The Hall–Kier alpha value is -3.25. The van der Waals surface area contributed by atoms with Crippen LogP contribution in [0.3, 0.4) is 0 Å². The maximum absolute atomic E-state index is 13.2. The van der Waals surface area contributed by atoms with Crippen LogP contribution in [0.1, 0.15) is 41.3 Å². The molecule has 2 heterocycles. The van der Waals surface area contributed by atoms with Crippen LogP contribution in [-0.4, -0.2) is 26.1 Å². The quantitative estimate of drug-likeness (QED) is 0.240. The lowest BCUT2D eigenvalue weighted by atomic mass is 10.0. The SMILES string of the molecule is Cc1ccc(-n2c(SCC(=O)c3ccc(C(C)C)cc3)nc3ccccc3c2=O)nc1. The van der Waals surface area contributed by atoms with Crippen molar-refractivity contribution in [3.63, 3.8) is 0 Å². The van der Waals surface area contributed by atoms with Gasteiger partial charge in [0.05, 0.1) is 16.7 Å². The summed E-state index contributed by atoms with van der Waals surface area (Å²) < 4.78 is 1.49. The van der Waals surface area contributed by atoms with Crippen LogP contribution in [0.15, 0.2) is 76.8 Å². The van der Waals surface area contributed by atoms with Gasteiger partial charge in [0.2, 0.25) is 0 Å². The van der Waals surface area contributed by atoms with E-state index in [1.165, 1.54) is 21.9 Å². The molecule has 0 spiro atoms. The third-order valence-corrected chi connectivity index (χ3v) is 6.04. The van der Waals surface area contributed by atoms with E-state index in [2.05, 4.69) is 23.8 Å². The van der Waals surface area contributed by atoms with Gasteiger partial charge in [-0.2, -0.15) is 0 Å². The summed E-state index contributed by atoms with van der Waals surface area (Å²) in [6.07, 6.45) is 1.72. The molecular weight excluding hydrogens is 406 g/mol. The largest absolute Gasteiger partial charge is 0.293 e. The van der Waals surface area contributed by atoms with Crippen molar-refractivity contribution in [3.8, 4) is 5.82 Å². The van der Waals surface area contributed by atoms with Crippen LogP contribution in [0.25, 0.3) is 16.7 Å². The van der Waals surface area contributed by atoms with Crippen LogP contribution in [0.5, 0.6) is 0 Å². The lowest BCUT2D eigenvalue weighted by Gasteiger charge is -2.12. The zero-order valence-corrected chi connectivity index (χ0v) is 18.5. The van der Waals surface area contributed by atoms with Crippen molar-refractivity contribution in [2.24, 2.45) is 0 Å². The fourth-order valence-corrected chi connectivity index (χ4v) is 4.17. The minimum Gasteiger partial charge on any atom is -0.293 e. The summed E-state index contributed by atoms with van der Waals surface area (Å²) in [6, 6.07) is 18.6. The highest BCUT2D eigenvalue weighted by Gasteiger charge is 2.16. The predicted octanol–water partition coefficient (Wildman–Crippen LogP) is 5.19. The lowest BCUT2D eigenvalue weighted by Crippen LogP contribution is -2.23. The summed E-state index contributed by atoms with van der Waals surface area (Å²) >= 11 is 1.25. The van der Waals surface area contributed by atoms with Gasteiger partial charge in [-0.25, -0.2) is 14.5 Å². The molecule has 0 atom stereocenters. The number of pyridine rings is 1. The zero-order chi connectivity index (χ0) is 22.0. The number of hydrogen-bond donors (Lipinski definition) is 0. The van der Waals surface area contributed by atoms with Gasteiger partial charge in [0, 0.05) is 11.8 Å². The molecule has 2 aromatic carbocycles. The molecule has 0 bridgehead atoms. The van der Waals surface area contributed by atoms with Crippen molar-refractivity contribution in [1.82, 2.24) is 14.5 Å². The average Bonchev–Trinajstić information content (AvgIpc) is 2.78. The van der Waals surface area contributed by atoms with Gasteiger partial charge in [-0.1, -0.05) is 68.1 Å². The van der Waals surface area contributed by atoms with Gasteiger partial charge in [0.15, 0.2) is 10.9 Å². The molecule has 2 aromatic heterocycles. The Morgan fingerprint density at radius 1 is 1.03 bits per heavy atom. The number of aryl methyl sites for hydroxylation is 1. The number of para-hydroxylation sites is 1. The van der Waals surface area contributed by atoms with E-state index in [9.17, 15) is 9.59 Å². The van der Waals surface area contributed by atoms with Crippen molar-refractivity contribution < 1.29 is 4.79 Å². The van der Waals surface area contributed by atoms with Crippen molar-refractivity contribution in [2.45, 2.75) is 31.8 Å². The standard InChI is InChI=1S/C25H23N3O2S/c1-16(2)18-9-11-19(12-10-18)22(29)15-31-25-27-21-7-5-4-6-20(21)24(30)28(25)23-13-8-17(3)14-26-23/h4-14,16H,15H2,1-3H3. The molecule has 0 saturated heterocycles. The highest BCUT2D eigenvalue weighted by Crippen LogP contribution is 2.22. The van der Waals surface area contributed by atoms with Gasteiger partial charge < -0.3 is 0 Å². The van der Waals surface area contributed by atoms with Crippen LogP contribution in [0, 0.1) is 6.92 Å². The van der Waals surface area contributed by atoms with Gasteiger partial charge in [-0.15, -0.1) is 0 Å². The van der Waals surface area contributed by atoms with E-state index in [1.54, 1.807) is 24.4 Å². The molecule has 0 amide bonds. The number of benzene rings is 2. The predicted molar refractivity (Wildman–Crippen MR) is 125 cm³/mol. The average molecular weight is 430 g/mol. The number of ketones is 1. The lowest BCUT2D eigenvalue weighted by molar-refractivity contribution is 0.102. The molecule has 5 nitrogen and oxygen atoms in total. The van der Waals surface area contributed by atoms with E-state index in [0.717, 1.165) is 5.56 Å². The highest BCUT2D eigenvalue weighted by molar-refractivity contribution is 7.99. The first-order chi connectivity index (χ1) is 14.9. The van der Waals surface area contributed by atoms with Crippen LogP contribution in [0.2, 0.25) is 0 Å². The molecule has 4 aromatic rings. The van der Waals surface area contributed by atoms with Crippen LogP contribution in [0.4, 0.5) is 0 Å². The van der Waals surface area contributed by atoms with E-state index in [-0.39, 0.29) is 17.1 Å². The fraction of sp³-hybridized carbons (Fsp3) is 0.200. The first-order valence-electron chi connectivity index (χ1n) is 10.1. The summed E-state index contributed by atoms with van der Waals surface area (Å²) in [5.41, 5.74) is 3.25. The summed E-state index contributed by atoms with van der Waals surface area (Å²) in [4.78, 5) is 35.1. The highest BCUT2D eigenvalue weighted by atomic mass is 32.2. The molecule has 156 valence electrons. The van der Waals surface area contributed by atoms with E-state index in [4.69, 9.17) is 0 Å². The monoisotopic (exact) mass is 429 g/mol. The summed E-state index contributed by atoms with van der Waals surface area (Å²) in [5.74, 6) is 1.07. The molecule has 0 fully saturated rings. The van der Waals surface area contributed by atoms with Gasteiger partial charge in [-0.3, -0.25) is 9.59 Å². The minimum absolute atomic E-state index is 0.00821. The molecule has 0 aliphatic rings. The topological polar surface area (TPSA) is 64.8 Å². The number of Topliss-reactive ketones (excluding diaryl/α,β-unsaturated/α-hetero) is 1. The summed E-state index contributed by atoms with van der Waals surface area (Å²) in [5, 5.41) is 0.969. The molecule has 4 rings (SSSR count). The smallest absolute Gasteiger partial charge is 0.267 e. The molecule has 6 heteroatoms. The van der Waals surface area contributed by atoms with E-state index >= 15 is 0 Å². The van der Waals surface area contributed by atoms with E-state index in [1.807, 2.05) is 49.4 Å². The molecule has 31 heavy (non-hydrogen) atoms. The Morgan fingerprint density at radius 2 is 1.77 bits per heavy atom. The maximum atomic E-state index is 13.2. The normalized spacial score (nSPS) is 11.2. The molecule has 0 aliphatic carbocycles. The van der Waals surface area contributed by atoms with Gasteiger partial charge in [0.25, 0.3) is 5.56 Å². The number of carbonyl (C=O) groups is 1. The van der Waals surface area contributed by atoms with Crippen molar-refractivity contribution in [1.29, 1.82) is 0 Å². The number of fused-ring (bicyclic) bond motifs is 1. The third-order valence-electron chi connectivity index (χ3n) is 5.10. The molecular formula is C25H23N3O2S. The van der Waals surface area contributed by atoms with Crippen LogP contribution >= 0.6 is 11.8 Å². The van der Waals surface area contributed by atoms with E-state index < -0.39 is 0 Å². The molecule has 0 unspecified atom stereocenters. The molecule has 0 saturated carbocycles. The molecule has 0 radical (unpaired) electrons. The number of nitrogens with zero attached hydrogens (tertiary/aromatic N) is 3. The zero-order valence-electron chi connectivity index (χ0n) is 17.7. The summed E-state index contributed by atoms with van der Waals surface area (Å²) in [7, 11) is 0. The number of hydrogen-bond acceptors (Lipinski definition) is 5. The summed E-state index contributed by atoms with van der Waals surface area (Å²) in [6.45, 7) is 6.18. The number of aromatic nitrogens is 3. The second kappa shape index (κ2) is 8.86. The Balaban J connectivity index is 1.69. The van der Waals surface area contributed by atoms with Crippen molar-refractivity contribution in [3.05, 3.63) is 93.9 Å². The van der Waals surface area contributed by atoms with E-state index in [0.29, 0.717) is 33.4 Å². The van der Waals surface area contributed by atoms with Crippen molar-refractivity contribution >= 4 is 28.4 Å². The molecule has 0 N–H and O–H groups in total. The fourth-order valence-electron chi connectivity index (χ4n) is 3.27. The van der Waals surface area contributed by atoms with Crippen molar-refractivity contribution in [2.75, 3.05) is 5.75 Å². The number of thioether (sulfide) groups is 1. The third kappa shape index (κ3) is 4.44. The Labute approximate surface area is 185 Å². The first-order valence-corrected chi connectivity index (χ1v) is 11.1. The second-order valence-electron chi connectivity index (χ2n) is 7.73. The Kier molecular flexibility index (Phi) is 6.00. The Bertz CT molecular complexity index is 1290. The Morgan fingerprint density at radius 3 is 2.45 bits per heavy atom. The first kappa shape index (κ1) is 21.0. The minimum atomic E-state index is -0.196. The number of carbonyl (C=O) groups excluding carboxylic acids is 1. The maximum Gasteiger partial charge on any atom is 0.267 e. The molecule has 0 aliphatic heterocycles. The van der Waals surface area contributed by atoms with Gasteiger partial charge >= 0.3 is 0 Å². The number of rotatable bonds is 6. The van der Waals surface area contributed by atoms with Gasteiger partial charge in [0.1, 0.15) is 5.82 Å².